The van der Waals surface area contributed by atoms with Crippen molar-refractivity contribution in [2.75, 3.05) is 13.2 Å². The first-order valence-electron chi connectivity index (χ1n) is 10.1. The summed E-state index contributed by atoms with van der Waals surface area (Å²) in [6, 6.07) is 4.16. The second-order valence-electron chi connectivity index (χ2n) is 7.10. The predicted octanol–water partition coefficient (Wildman–Crippen LogP) is 2.34. The quantitative estimate of drug-likeness (QED) is 0.238. The molecule has 0 aliphatic rings. The number of carboxylic acid groups (broad SMARTS) is 4. The number of hydrogen-bond donors (Lipinski definition) is 4. The zero-order valence-electron chi connectivity index (χ0n) is 19.6. The molecule has 0 aromatic heterocycles. The molecule has 12 nitrogen and oxygen atoms in total. The van der Waals surface area contributed by atoms with Gasteiger partial charge in [-0.25, -0.2) is 28.8 Å². The number of benzene rings is 1. The van der Waals surface area contributed by atoms with E-state index in [9.17, 15) is 28.8 Å². The van der Waals surface area contributed by atoms with Gasteiger partial charge < -0.3 is 29.9 Å². The summed E-state index contributed by atoms with van der Waals surface area (Å²) < 4.78 is 9.49. The number of ether oxygens (including phenoxy) is 2. The smallest absolute Gasteiger partial charge is 0.336 e. The van der Waals surface area contributed by atoms with Crippen molar-refractivity contribution in [3.05, 3.63) is 70.8 Å². The van der Waals surface area contributed by atoms with Crippen molar-refractivity contribution in [3.63, 3.8) is 0 Å². The average molecular weight is 506 g/mol. The van der Waals surface area contributed by atoms with Gasteiger partial charge in [0.25, 0.3) is 0 Å². The molecule has 1 rings (SSSR count). The molecule has 4 N–H and O–H groups in total. The maximum absolute atomic E-state index is 11.2. The molecule has 0 bridgehead atoms. The number of carbonyl (C=O) groups excluding carboxylic acids is 2. The Labute approximate surface area is 205 Å². The van der Waals surface area contributed by atoms with Crippen LogP contribution in [0, 0.1) is 0 Å². The Kier molecular flexibility index (Phi) is 13.2. The van der Waals surface area contributed by atoms with Crippen LogP contribution in [0.3, 0.4) is 0 Å². The standard InChI is InChI=1S/C14H14O6.C10H12O6/c1-8(2)14(19)20-7-6-9-4-3-5-10(12(15)16)11(9)13(17)18;1-6(2)10(15)16-4-3-7(9(13)14)5-8(11)12/h3-5H,1,6-7H2,2H3,(H,15,16)(H,17,18);5H,1,3-4H2,2H3,(H,11,12)(H,13,14). The van der Waals surface area contributed by atoms with Gasteiger partial charge in [-0.3, -0.25) is 0 Å². The predicted molar refractivity (Wildman–Crippen MR) is 124 cm³/mol. The molecule has 0 aliphatic heterocycles. The Balaban J connectivity index is 0.000000700. The van der Waals surface area contributed by atoms with Crippen LogP contribution in [0.15, 0.2) is 54.2 Å². The van der Waals surface area contributed by atoms with E-state index in [4.69, 9.17) is 25.2 Å². The highest BCUT2D eigenvalue weighted by Crippen LogP contribution is 2.16. The molecular formula is C24H26O12. The van der Waals surface area contributed by atoms with Crippen LogP contribution < -0.4 is 0 Å². The third kappa shape index (κ3) is 11.4. The van der Waals surface area contributed by atoms with Crippen molar-refractivity contribution >= 4 is 35.8 Å². The van der Waals surface area contributed by atoms with Gasteiger partial charge >= 0.3 is 35.8 Å². The molecule has 1 aromatic carbocycles. The third-order valence-electron chi connectivity index (χ3n) is 4.07. The van der Waals surface area contributed by atoms with Crippen molar-refractivity contribution in [3.8, 4) is 0 Å². The Morgan fingerprint density at radius 1 is 0.833 bits per heavy atom. The lowest BCUT2D eigenvalue weighted by Crippen LogP contribution is -2.14. The molecule has 0 saturated heterocycles. The first kappa shape index (κ1) is 31.3. The molecule has 194 valence electrons. The maximum atomic E-state index is 11.2. The van der Waals surface area contributed by atoms with E-state index < -0.39 is 35.8 Å². The van der Waals surface area contributed by atoms with Gasteiger partial charge in [-0.1, -0.05) is 25.3 Å². The van der Waals surface area contributed by atoms with Crippen LogP contribution in [-0.2, 0) is 35.1 Å². The normalized spacial score (nSPS) is 10.2. The molecule has 0 saturated carbocycles. The van der Waals surface area contributed by atoms with Gasteiger partial charge in [-0.05, 0) is 25.5 Å². The largest absolute Gasteiger partial charge is 0.478 e. The lowest BCUT2D eigenvalue weighted by Gasteiger charge is -2.09. The molecule has 0 aliphatic carbocycles. The monoisotopic (exact) mass is 506 g/mol. The van der Waals surface area contributed by atoms with Gasteiger partial charge in [-0.15, -0.1) is 0 Å². The molecule has 0 fully saturated rings. The van der Waals surface area contributed by atoms with Crippen molar-refractivity contribution in [1.29, 1.82) is 0 Å². The minimum Gasteiger partial charge on any atom is -0.478 e. The summed E-state index contributed by atoms with van der Waals surface area (Å²) in [5.74, 6) is -6.57. The lowest BCUT2D eigenvalue weighted by molar-refractivity contribution is -0.140. The summed E-state index contributed by atoms with van der Waals surface area (Å²) in [5.41, 5.74) is -0.177. The Hall–Kier alpha value is -4.74. The zero-order chi connectivity index (χ0) is 28.0. The highest BCUT2D eigenvalue weighted by Gasteiger charge is 2.20. The van der Waals surface area contributed by atoms with Crippen LogP contribution in [-0.4, -0.2) is 69.5 Å². The Morgan fingerprint density at radius 3 is 1.78 bits per heavy atom. The molecule has 0 heterocycles. The first-order valence-corrected chi connectivity index (χ1v) is 10.1. The SMILES string of the molecule is C=C(C)C(=O)OCCC(=CC(=O)O)C(=O)O.C=C(C)C(=O)OCCc1cccc(C(=O)O)c1C(=O)O. The second-order valence-corrected chi connectivity index (χ2v) is 7.10. The fourth-order valence-electron chi connectivity index (χ4n) is 2.38. The van der Waals surface area contributed by atoms with E-state index in [0.29, 0.717) is 11.6 Å². The highest BCUT2D eigenvalue weighted by molar-refractivity contribution is 6.02. The van der Waals surface area contributed by atoms with E-state index in [-0.39, 0.29) is 53.9 Å². The fourth-order valence-corrected chi connectivity index (χ4v) is 2.38. The van der Waals surface area contributed by atoms with E-state index >= 15 is 0 Å². The van der Waals surface area contributed by atoms with Crippen molar-refractivity contribution in [2.24, 2.45) is 0 Å². The maximum Gasteiger partial charge on any atom is 0.336 e. The summed E-state index contributed by atoms with van der Waals surface area (Å²) in [4.78, 5) is 65.1. The molecule has 0 radical (unpaired) electrons. The third-order valence-corrected chi connectivity index (χ3v) is 4.07. The molecule has 0 unspecified atom stereocenters. The Morgan fingerprint density at radius 2 is 1.36 bits per heavy atom. The number of rotatable bonds is 12. The molecule has 1 aromatic rings. The van der Waals surface area contributed by atoms with E-state index in [1.54, 1.807) is 0 Å². The topological polar surface area (TPSA) is 202 Å². The zero-order valence-corrected chi connectivity index (χ0v) is 19.6. The van der Waals surface area contributed by atoms with Gasteiger partial charge in [0.15, 0.2) is 0 Å². The van der Waals surface area contributed by atoms with Crippen LogP contribution in [0.5, 0.6) is 0 Å². The number of aromatic carboxylic acids is 2. The van der Waals surface area contributed by atoms with Crippen LogP contribution in [0.1, 0.15) is 46.5 Å². The number of esters is 2. The molecule has 0 atom stereocenters. The van der Waals surface area contributed by atoms with Gasteiger partial charge in [0, 0.05) is 35.6 Å². The van der Waals surface area contributed by atoms with E-state index in [0.717, 1.165) is 0 Å². The molecule has 0 amide bonds. The van der Waals surface area contributed by atoms with Crippen LogP contribution in [0.4, 0.5) is 0 Å². The first-order chi connectivity index (χ1) is 16.7. The number of carboxylic acids is 4. The summed E-state index contributed by atoms with van der Waals surface area (Å²) in [6.07, 6.45) is 0.513. The summed E-state index contributed by atoms with van der Waals surface area (Å²) in [7, 11) is 0. The summed E-state index contributed by atoms with van der Waals surface area (Å²) in [6.45, 7) is 9.46. The van der Waals surface area contributed by atoms with E-state index in [2.05, 4.69) is 17.9 Å². The molecule has 36 heavy (non-hydrogen) atoms. The minimum atomic E-state index is -1.36. The lowest BCUT2D eigenvalue weighted by atomic mass is 9.99. The van der Waals surface area contributed by atoms with Crippen LogP contribution in [0.25, 0.3) is 0 Å². The number of hydrogen-bond acceptors (Lipinski definition) is 8. The molecule has 0 spiro atoms. The van der Waals surface area contributed by atoms with Crippen molar-refractivity contribution in [2.45, 2.75) is 26.7 Å². The number of aliphatic carboxylic acids is 2. The van der Waals surface area contributed by atoms with Crippen molar-refractivity contribution in [1.82, 2.24) is 0 Å². The molecular weight excluding hydrogens is 480 g/mol. The summed E-state index contributed by atoms with van der Waals surface area (Å²) in [5, 5.41) is 35.0. The van der Waals surface area contributed by atoms with Crippen molar-refractivity contribution < 1.29 is 58.7 Å². The molecule has 12 heteroatoms. The van der Waals surface area contributed by atoms with Gasteiger partial charge in [0.1, 0.15) is 0 Å². The second kappa shape index (κ2) is 15.2. The van der Waals surface area contributed by atoms with Crippen LogP contribution in [0.2, 0.25) is 0 Å². The highest BCUT2D eigenvalue weighted by atomic mass is 16.5. The average Bonchev–Trinajstić information content (AvgIpc) is 2.77. The van der Waals surface area contributed by atoms with Crippen LogP contribution >= 0.6 is 0 Å². The van der Waals surface area contributed by atoms with Gasteiger partial charge in [-0.2, -0.15) is 0 Å². The minimum absolute atomic E-state index is 0.0466. The van der Waals surface area contributed by atoms with Gasteiger partial charge in [0.2, 0.25) is 0 Å². The number of carbonyl (C=O) groups is 6. The Bertz CT molecular complexity index is 1090. The summed E-state index contributed by atoms with van der Waals surface area (Å²) >= 11 is 0. The van der Waals surface area contributed by atoms with E-state index in [1.165, 1.54) is 32.0 Å². The fraction of sp³-hybridized carbons (Fsp3) is 0.250. The van der Waals surface area contributed by atoms with E-state index in [1.807, 2.05) is 0 Å². The van der Waals surface area contributed by atoms with Gasteiger partial charge in [0.05, 0.1) is 24.3 Å².